The first-order valence-corrected chi connectivity index (χ1v) is 29.7. The second-order valence-electron chi connectivity index (χ2n) is 23.6. The molecule has 83 heavy (non-hydrogen) atoms. The first kappa shape index (κ1) is 48.0. The molecule has 0 aliphatic carbocycles. The van der Waals surface area contributed by atoms with Gasteiger partial charge in [0.15, 0.2) is 0 Å². The van der Waals surface area contributed by atoms with Crippen molar-refractivity contribution in [2.24, 2.45) is 0 Å². The van der Waals surface area contributed by atoms with Crippen LogP contribution in [0.4, 0.5) is 17.1 Å². The molecule has 0 saturated carbocycles. The molecule has 0 radical (unpaired) electrons. The normalized spacial score (nSPS) is 12.9. The molecule has 2 aromatic heterocycles. The zero-order valence-electron chi connectivity index (χ0n) is 46.3. The summed E-state index contributed by atoms with van der Waals surface area (Å²) in [6, 6.07) is 103. The first-order chi connectivity index (χ1) is 40.8. The molecule has 5 heteroatoms. The standard InChI is InChI=1S/C78H54BN3S/c1-78(2,3)57-45-64(49-20-6-4-7-21-49)77(65(46-57)50-22-8-5-9-23-50)82-72-47-58(80-68-30-16-12-26-60(68)61-27-13-17-31-69(61)80)36-38-66(72)79-67-39-37-59(81-70-32-18-14-28-62(70)63-29-15-19-33-71(63)81)48-74(67)83-75-44-56(43-73(82)76(75)79)54-35-34-53-40-51-24-10-11-25-52(51)41-55(53)42-54/h4-48H,1-3H3. The Bertz CT molecular complexity index is 5010. The number of fused-ring (bicyclic) bond motifs is 12. The average Bonchev–Trinajstić information content (AvgIpc) is 1.70. The molecule has 0 saturated heterocycles. The molecule has 17 rings (SSSR count). The number of aromatic nitrogens is 2. The lowest BCUT2D eigenvalue weighted by atomic mass is 9.34. The van der Waals surface area contributed by atoms with Gasteiger partial charge in [0.25, 0.3) is 0 Å². The van der Waals surface area contributed by atoms with Crippen LogP contribution in [0.2, 0.25) is 0 Å². The van der Waals surface area contributed by atoms with Gasteiger partial charge >= 0.3 is 0 Å². The van der Waals surface area contributed by atoms with E-state index in [1.165, 1.54) is 136 Å². The van der Waals surface area contributed by atoms with Crippen molar-refractivity contribution in [3.8, 4) is 44.8 Å². The molecular formula is C78H54BN3S. The number of nitrogens with zero attached hydrogens (tertiary/aromatic N) is 3. The molecule has 2 aliphatic heterocycles. The van der Waals surface area contributed by atoms with Gasteiger partial charge in [-0.3, -0.25) is 0 Å². The van der Waals surface area contributed by atoms with Crippen LogP contribution in [0.15, 0.2) is 283 Å². The van der Waals surface area contributed by atoms with E-state index in [0.717, 1.165) is 22.7 Å². The second kappa shape index (κ2) is 18.4. The smallest absolute Gasteiger partial charge is 0.249 e. The summed E-state index contributed by atoms with van der Waals surface area (Å²) in [5.41, 5.74) is 22.8. The maximum atomic E-state index is 2.69. The Morgan fingerprint density at radius 3 is 1.37 bits per heavy atom. The summed E-state index contributed by atoms with van der Waals surface area (Å²) in [6.07, 6.45) is 0. The number of hydrogen-bond acceptors (Lipinski definition) is 2. The lowest BCUT2D eigenvalue weighted by Gasteiger charge is -2.42. The van der Waals surface area contributed by atoms with E-state index in [4.69, 9.17) is 0 Å². The monoisotopic (exact) mass is 1080 g/mol. The van der Waals surface area contributed by atoms with E-state index in [-0.39, 0.29) is 12.1 Å². The minimum Gasteiger partial charge on any atom is -0.310 e. The topological polar surface area (TPSA) is 13.1 Å². The van der Waals surface area contributed by atoms with Gasteiger partial charge in [-0.25, -0.2) is 0 Å². The molecule has 15 aromatic rings. The quantitative estimate of drug-likeness (QED) is 0.122. The van der Waals surface area contributed by atoms with E-state index in [1.807, 2.05) is 11.8 Å². The molecule has 0 amide bonds. The number of para-hydroxylation sites is 4. The number of hydrogen-bond donors (Lipinski definition) is 0. The lowest BCUT2D eigenvalue weighted by molar-refractivity contribution is 0.591. The minimum absolute atomic E-state index is 0.0758. The fourth-order valence-electron chi connectivity index (χ4n) is 13.9. The summed E-state index contributed by atoms with van der Waals surface area (Å²) < 4.78 is 4.95. The van der Waals surface area contributed by atoms with E-state index < -0.39 is 0 Å². The van der Waals surface area contributed by atoms with Gasteiger partial charge in [-0.15, -0.1) is 0 Å². The van der Waals surface area contributed by atoms with Gasteiger partial charge in [-0.2, -0.15) is 0 Å². The average molecular weight is 1080 g/mol. The highest BCUT2D eigenvalue weighted by atomic mass is 32.2. The Morgan fingerprint density at radius 1 is 0.337 bits per heavy atom. The maximum Gasteiger partial charge on any atom is 0.249 e. The van der Waals surface area contributed by atoms with E-state index in [1.54, 1.807) is 0 Å². The van der Waals surface area contributed by atoms with Crippen LogP contribution in [0, 0.1) is 0 Å². The van der Waals surface area contributed by atoms with Crippen molar-refractivity contribution in [3.05, 3.63) is 279 Å². The van der Waals surface area contributed by atoms with Crippen molar-refractivity contribution in [2.45, 2.75) is 36.0 Å². The van der Waals surface area contributed by atoms with Gasteiger partial charge < -0.3 is 14.0 Å². The Morgan fingerprint density at radius 2 is 0.819 bits per heavy atom. The van der Waals surface area contributed by atoms with E-state index in [2.05, 4.69) is 308 Å². The van der Waals surface area contributed by atoms with Gasteiger partial charge in [0.2, 0.25) is 6.71 Å². The SMILES string of the molecule is CC(C)(C)c1cc(-c2ccccc2)c(N2c3cc(-n4c5ccccc5c5ccccc54)ccc3B3c4ccc(-n5c6ccccc6c6ccccc65)cc4Sc4cc(-c5ccc6cc7ccccc7cc6c5)cc2c43)c(-c2ccccc2)c1. The molecule has 3 nitrogen and oxygen atoms in total. The van der Waals surface area contributed by atoms with Crippen molar-refractivity contribution in [1.29, 1.82) is 0 Å². The summed E-state index contributed by atoms with van der Waals surface area (Å²) in [5.74, 6) is 0. The first-order valence-electron chi connectivity index (χ1n) is 28.9. The molecule has 13 aromatic carbocycles. The van der Waals surface area contributed by atoms with E-state index >= 15 is 0 Å². The fraction of sp³-hybridized carbons (Fsp3) is 0.0513. The van der Waals surface area contributed by atoms with Gasteiger partial charge in [0.1, 0.15) is 0 Å². The zero-order valence-corrected chi connectivity index (χ0v) is 47.1. The second-order valence-corrected chi connectivity index (χ2v) is 24.7. The number of benzene rings is 13. The summed E-state index contributed by atoms with van der Waals surface area (Å²) in [5, 5.41) is 9.97. The fourth-order valence-corrected chi connectivity index (χ4v) is 15.1. The molecular weight excluding hydrogens is 1020 g/mol. The molecule has 0 bridgehead atoms. The van der Waals surface area contributed by atoms with Crippen molar-refractivity contribution in [3.63, 3.8) is 0 Å². The number of anilines is 3. The highest BCUT2D eigenvalue weighted by Gasteiger charge is 2.43. The molecule has 0 N–H and O–H groups in total. The number of rotatable bonds is 6. The van der Waals surface area contributed by atoms with Crippen molar-refractivity contribution in [1.82, 2.24) is 9.13 Å². The summed E-state index contributed by atoms with van der Waals surface area (Å²) >= 11 is 1.92. The van der Waals surface area contributed by atoms with Crippen LogP contribution >= 0.6 is 11.8 Å². The molecule has 0 spiro atoms. The molecule has 0 fully saturated rings. The molecule has 4 heterocycles. The van der Waals surface area contributed by atoms with Gasteiger partial charge in [0, 0.05) is 65.2 Å². The molecule has 0 unspecified atom stereocenters. The van der Waals surface area contributed by atoms with Crippen molar-refractivity contribution < 1.29 is 0 Å². The maximum absolute atomic E-state index is 2.69. The van der Waals surface area contributed by atoms with Gasteiger partial charge in [-0.05, 0) is 157 Å². The van der Waals surface area contributed by atoms with Gasteiger partial charge in [0.05, 0.1) is 27.8 Å². The predicted octanol–water partition coefficient (Wildman–Crippen LogP) is 19.2. The highest BCUT2D eigenvalue weighted by Crippen LogP contribution is 2.52. The summed E-state index contributed by atoms with van der Waals surface area (Å²) in [6.45, 7) is 6.96. The third-order valence-electron chi connectivity index (χ3n) is 17.8. The molecule has 0 atom stereocenters. The third-order valence-corrected chi connectivity index (χ3v) is 19.0. The van der Waals surface area contributed by atoms with Crippen LogP contribution in [-0.4, -0.2) is 15.8 Å². The summed E-state index contributed by atoms with van der Waals surface area (Å²) in [4.78, 5) is 5.23. The largest absolute Gasteiger partial charge is 0.310 e. The van der Waals surface area contributed by atoms with Crippen LogP contribution in [0.3, 0.4) is 0 Å². The van der Waals surface area contributed by atoms with Crippen LogP contribution < -0.4 is 21.3 Å². The van der Waals surface area contributed by atoms with Crippen LogP contribution in [0.5, 0.6) is 0 Å². The predicted molar refractivity (Wildman–Crippen MR) is 355 cm³/mol. The Hall–Kier alpha value is -9.81. The Balaban J connectivity index is 0.996. The van der Waals surface area contributed by atoms with Crippen LogP contribution in [0.1, 0.15) is 26.3 Å². The van der Waals surface area contributed by atoms with Crippen molar-refractivity contribution >= 4 is 117 Å². The molecule has 390 valence electrons. The minimum atomic E-state index is -0.140. The lowest BCUT2D eigenvalue weighted by Crippen LogP contribution is -2.60. The molecule has 2 aliphatic rings. The van der Waals surface area contributed by atoms with Crippen molar-refractivity contribution in [2.75, 3.05) is 4.90 Å². The van der Waals surface area contributed by atoms with Crippen LogP contribution in [-0.2, 0) is 5.41 Å². The Labute approximate surface area is 487 Å². The summed E-state index contributed by atoms with van der Waals surface area (Å²) in [7, 11) is 0. The van der Waals surface area contributed by atoms with Gasteiger partial charge in [-0.1, -0.05) is 220 Å². The zero-order chi connectivity index (χ0) is 55.1. The van der Waals surface area contributed by atoms with E-state index in [9.17, 15) is 0 Å². The Kier molecular flexibility index (Phi) is 10.6. The highest BCUT2D eigenvalue weighted by molar-refractivity contribution is 8.00. The third kappa shape index (κ3) is 7.47. The van der Waals surface area contributed by atoms with E-state index in [0.29, 0.717) is 0 Å². The van der Waals surface area contributed by atoms with Crippen LogP contribution in [0.25, 0.3) is 110 Å².